The van der Waals surface area contributed by atoms with Gasteiger partial charge in [0, 0.05) is 0 Å². The van der Waals surface area contributed by atoms with E-state index in [2.05, 4.69) is 103 Å². The molecule has 3 aliphatic rings. The molecule has 0 saturated heterocycles. The van der Waals surface area contributed by atoms with Gasteiger partial charge in [-0.2, -0.15) is 0 Å². The first-order chi connectivity index (χ1) is 15.3. The summed E-state index contributed by atoms with van der Waals surface area (Å²) in [5, 5.41) is 14.3. The normalized spacial score (nSPS) is 21.2. The lowest BCUT2D eigenvalue weighted by Crippen LogP contribution is -2.36. The van der Waals surface area contributed by atoms with E-state index < -0.39 is 7.92 Å². The molecule has 2 bridgehead atoms. The van der Waals surface area contributed by atoms with Crippen LogP contribution in [0.4, 0.5) is 0 Å². The van der Waals surface area contributed by atoms with Gasteiger partial charge in [0.2, 0.25) is 0 Å². The van der Waals surface area contributed by atoms with Crippen LogP contribution in [0.25, 0.3) is 10.6 Å². The molecule has 0 fully saturated rings. The van der Waals surface area contributed by atoms with Crippen molar-refractivity contribution in [3.05, 3.63) is 144 Å². The Labute approximate surface area is 183 Å². The molecule has 0 spiro atoms. The molecule has 0 aromatic heterocycles. The molecule has 4 aromatic rings. The molecule has 7 rings (SSSR count). The molecule has 3 heterocycles. The van der Waals surface area contributed by atoms with Crippen LogP contribution in [0.5, 0.6) is 5.75 Å². The Bertz CT molecular complexity index is 1340. The summed E-state index contributed by atoms with van der Waals surface area (Å²) in [5.41, 5.74) is 4.68. The number of phenols is 1. The van der Waals surface area contributed by atoms with Crippen LogP contribution in [-0.4, -0.2) is 5.11 Å². The van der Waals surface area contributed by atoms with Crippen molar-refractivity contribution in [3.63, 3.8) is 0 Å². The predicted molar refractivity (Wildman–Crippen MR) is 131 cm³/mol. The first-order valence-corrected chi connectivity index (χ1v) is 11.9. The molecular formula is C29H21OP. The number of hydrogen-bond donors (Lipinski definition) is 1. The van der Waals surface area contributed by atoms with E-state index in [4.69, 9.17) is 0 Å². The van der Waals surface area contributed by atoms with Crippen molar-refractivity contribution in [3.8, 4) is 5.75 Å². The van der Waals surface area contributed by atoms with Crippen LogP contribution in [0.15, 0.2) is 121 Å². The second kappa shape index (κ2) is 7.08. The maximum absolute atomic E-state index is 10.2. The van der Waals surface area contributed by atoms with Gasteiger partial charge in [-0.05, 0) is 58.2 Å². The Hall–Kier alpha value is -3.41. The van der Waals surface area contributed by atoms with Crippen LogP contribution in [0.1, 0.15) is 22.3 Å². The highest BCUT2D eigenvalue weighted by Crippen LogP contribution is 2.69. The monoisotopic (exact) mass is 416 g/mol. The van der Waals surface area contributed by atoms with E-state index in [1.165, 1.54) is 32.6 Å². The number of phenolic OH excluding ortho intramolecular Hbond substituents is 1. The lowest BCUT2D eigenvalue weighted by atomic mass is 9.72. The van der Waals surface area contributed by atoms with Crippen LogP contribution in [0, 0.1) is 0 Å². The highest BCUT2D eigenvalue weighted by atomic mass is 31.1. The number of rotatable bonds is 3. The van der Waals surface area contributed by atoms with E-state index in [0.717, 1.165) is 5.56 Å². The second-order valence-corrected chi connectivity index (χ2v) is 10.2. The van der Waals surface area contributed by atoms with E-state index in [1.54, 1.807) is 6.07 Å². The molecule has 148 valence electrons. The van der Waals surface area contributed by atoms with Gasteiger partial charge in [0.15, 0.2) is 0 Å². The smallest absolute Gasteiger partial charge is 0.116 e. The Balaban J connectivity index is 1.70. The molecule has 2 atom stereocenters. The van der Waals surface area contributed by atoms with Crippen molar-refractivity contribution < 1.29 is 5.11 Å². The zero-order chi connectivity index (χ0) is 20.8. The first-order valence-electron chi connectivity index (χ1n) is 10.5. The number of aromatic hydroxyl groups is 1. The SMILES string of the molecule is Oc1cccc(C2=C[C@@]3(c4ccccc4)C=C(c4ccccc4)P2c2ccccc23)c1. The molecule has 4 aromatic carbocycles. The fourth-order valence-electron chi connectivity index (χ4n) is 4.90. The van der Waals surface area contributed by atoms with Gasteiger partial charge in [-0.15, -0.1) is 0 Å². The third-order valence-electron chi connectivity index (χ3n) is 6.26. The lowest BCUT2D eigenvalue weighted by molar-refractivity contribution is 0.475. The van der Waals surface area contributed by atoms with Crippen LogP contribution in [0.2, 0.25) is 0 Å². The summed E-state index contributed by atoms with van der Waals surface area (Å²) in [4.78, 5) is 0. The van der Waals surface area contributed by atoms with Crippen LogP contribution >= 0.6 is 7.92 Å². The van der Waals surface area contributed by atoms with Gasteiger partial charge in [-0.1, -0.05) is 109 Å². The minimum Gasteiger partial charge on any atom is -0.508 e. The number of allylic oxidation sites excluding steroid dienone is 2. The van der Waals surface area contributed by atoms with Crippen molar-refractivity contribution in [2.45, 2.75) is 5.41 Å². The lowest BCUT2D eigenvalue weighted by Gasteiger charge is -2.46. The third kappa shape index (κ3) is 2.81. The van der Waals surface area contributed by atoms with Crippen LogP contribution < -0.4 is 5.30 Å². The summed E-state index contributed by atoms with van der Waals surface area (Å²) in [6, 6.07) is 38.1. The van der Waals surface area contributed by atoms with Crippen LogP contribution in [-0.2, 0) is 5.41 Å². The van der Waals surface area contributed by atoms with Gasteiger partial charge in [0.1, 0.15) is 5.75 Å². The summed E-state index contributed by atoms with van der Waals surface area (Å²) < 4.78 is 0. The highest BCUT2D eigenvalue weighted by molar-refractivity contribution is 7.84. The molecule has 1 unspecified atom stereocenters. The second-order valence-electron chi connectivity index (χ2n) is 8.06. The molecule has 0 radical (unpaired) electrons. The van der Waals surface area contributed by atoms with Crippen molar-refractivity contribution in [1.82, 2.24) is 0 Å². The van der Waals surface area contributed by atoms with Gasteiger partial charge in [0.25, 0.3) is 0 Å². The Morgan fingerprint density at radius 1 is 0.581 bits per heavy atom. The zero-order valence-corrected chi connectivity index (χ0v) is 17.8. The van der Waals surface area contributed by atoms with Crippen molar-refractivity contribution in [2.75, 3.05) is 0 Å². The molecule has 1 N–H and O–H groups in total. The summed E-state index contributed by atoms with van der Waals surface area (Å²) in [5.74, 6) is 0.309. The Kier molecular flexibility index (Phi) is 4.19. The third-order valence-corrected chi connectivity index (χ3v) is 8.87. The topological polar surface area (TPSA) is 20.2 Å². The fraction of sp³-hybridized carbons (Fsp3) is 0.0345. The maximum atomic E-state index is 10.2. The molecule has 0 saturated carbocycles. The van der Waals surface area contributed by atoms with E-state index in [9.17, 15) is 5.11 Å². The fourth-order valence-corrected chi connectivity index (χ4v) is 7.88. The van der Waals surface area contributed by atoms with Crippen LogP contribution in [0.3, 0.4) is 0 Å². The zero-order valence-electron chi connectivity index (χ0n) is 16.9. The standard InChI is InChI=1S/C29H21OP/c30-24-15-9-12-22(18-24)28-20-29(23-13-5-2-6-14-23)19-27(21-10-3-1-4-11-21)31(28)26-17-8-7-16-25(26)29/h1-20,30H/t29-,31?/m1/s1. The van der Waals surface area contributed by atoms with Crippen molar-refractivity contribution in [2.24, 2.45) is 0 Å². The van der Waals surface area contributed by atoms with Crippen molar-refractivity contribution in [1.29, 1.82) is 0 Å². The predicted octanol–water partition coefficient (Wildman–Crippen LogP) is 6.89. The molecule has 0 aliphatic carbocycles. The van der Waals surface area contributed by atoms with E-state index in [-0.39, 0.29) is 5.41 Å². The number of benzene rings is 4. The minimum atomic E-state index is -0.722. The Morgan fingerprint density at radius 2 is 1.19 bits per heavy atom. The molecule has 1 nitrogen and oxygen atoms in total. The van der Waals surface area contributed by atoms with Gasteiger partial charge >= 0.3 is 0 Å². The molecule has 31 heavy (non-hydrogen) atoms. The largest absolute Gasteiger partial charge is 0.508 e. The van der Waals surface area contributed by atoms with Gasteiger partial charge in [-0.25, -0.2) is 0 Å². The van der Waals surface area contributed by atoms with Crippen molar-refractivity contribution >= 4 is 23.9 Å². The van der Waals surface area contributed by atoms with E-state index >= 15 is 0 Å². The summed E-state index contributed by atoms with van der Waals surface area (Å²) >= 11 is 0. The average Bonchev–Trinajstić information content (AvgIpc) is 2.85. The van der Waals surface area contributed by atoms with Gasteiger partial charge in [-0.3, -0.25) is 0 Å². The minimum absolute atomic E-state index is 0.309. The number of hydrogen-bond acceptors (Lipinski definition) is 1. The molecular weight excluding hydrogens is 395 g/mol. The molecule has 3 aliphatic heterocycles. The Morgan fingerprint density at radius 3 is 1.94 bits per heavy atom. The van der Waals surface area contributed by atoms with Gasteiger partial charge < -0.3 is 5.11 Å². The highest BCUT2D eigenvalue weighted by Gasteiger charge is 2.45. The molecule has 2 heteroatoms. The maximum Gasteiger partial charge on any atom is 0.116 e. The summed E-state index contributed by atoms with van der Waals surface area (Å²) in [7, 11) is -0.722. The summed E-state index contributed by atoms with van der Waals surface area (Å²) in [6.45, 7) is 0. The molecule has 0 amide bonds. The summed E-state index contributed by atoms with van der Waals surface area (Å²) in [6.07, 6.45) is 4.93. The van der Waals surface area contributed by atoms with Gasteiger partial charge in [0.05, 0.1) is 5.41 Å². The first kappa shape index (κ1) is 18.4. The van der Waals surface area contributed by atoms with E-state index in [0.29, 0.717) is 5.75 Å². The van der Waals surface area contributed by atoms with E-state index in [1.807, 2.05) is 12.1 Å². The quantitative estimate of drug-likeness (QED) is 0.360. The average molecular weight is 416 g/mol.